The number of para-hydroxylation sites is 1. The molecule has 0 amide bonds. The van der Waals surface area contributed by atoms with Crippen LogP contribution in [0.5, 0.6) is 0 Å². The third-order valence-electron chi connectivity index (χ3n) is 3.36. The summed E-state index contributed by atoms with van der Waals surface area (Å²) in [6.45, 7) is 2.59. The van der Waals surface area contributed by atoms with Crippen LogP contribution < -0.4 is 5.48 Å². The standard InChI is InChI=1S/C16H29NO2Si/c1-7-15(13-18-20(5,6)16(2,3)4)19-17-14-11-9-8-10-12-14/h8-12,15,17H,7,13H2,1-6H3/t15-/m1/s1/i1D3,7D2,13D2,15D. The molecule has 0 aliphatic rings. The molecule has 1 rings (SSSR count). The van der Waals surface area contributed by atoms with E-state index in [0.29, 0.717) is 5.69 Å². The molecular formula is C16H29NO2Si. The first-order chi connectivity index (χ1) is 12.3. The molecule has 0 spiro atoms. The minimum Gasteiger partial charge on any atom is -0.414 e. The minimum absolute atomic E-state index is 0.309. The van der Waals surface area contributed by atoms with E-state index >= 15 is 0 Å². The van der Waals surface area contributed by atoms with Gasteiger partial charge in [-0.2, -0.15) is 0 Å². The number of benzene rings is 1. The number of rotatable bonds is 7. The Morgan fingerprint density at radius 3 is 2.55 bits per heavy atom. The van der Waals surface area contributed by atoms with Crippen LogP contribution in [0.2, 0.25) is 18.1 Å². The molecule has 20 heavy (non-hydrogen) atoms. The van der Waals surface area contributed by atoms with Crippen molar-refractivity contribution >= 4 is 14.0 Å². The van der Waals surface area contributed by atoms with E-state index in [1.807, 2.05) is 20.8 Å². The molecule has 0 fully saturated rings. The number of anilines is 1. The van der Waals surface area contributed by atoms with Crippen molar-refractivity contribution < 1.29 is 20.2 Å². The normalized spacial score (nSPS) is 23.6. The molecule has 1 aromatic rings. The smallest absolute Gasteiger partial charge is 0.192 e. The Bertz CT molecular complexity index is 661. The zero-order valence-electron chi connectivity index (χ0n) is 20.7. The zero-order chi connectivity index (χ0) is 22.2. The largest absolute Gasteiger partial charge is 0.414 e. The van der Waals surface area contributed by atoms with Crippen molar-refractivity contribution in [3.8, 4) is 0 Å². The molecule has 0 saturated heterocycles. The SMILES string of the molecule is [2H]C([2H])([2H])C([2H])([2H])[C@@]([2H])(ONc1ccccc1)C([2H])([2H])O[Si](C)(C)C(C)(C)C. The van der Waals surface area contributed by atoms with Crippen molar-refractivity contribution in [1.29, 1.82) is 0 Å². The van der Waals surface area contributed by atoms with Crippen LogP contribution in [0.4, 0.5) is 5.69 Å². The average Bonchev–Trinajstić information content (AvgIpc) is 2.50. The predicted octanol–water partition coefficient (Wildman–Crippen LogP) is 4.83. The Morgan fingerprint density at radius 1 is 1.35 bits per heavy atom. The van der Waals surface area contributed by atoms with Gasteiger partial charge in [0.2, 0.25) is 0 Å². The van der Waals surface area contributed by atoms with Gasteiger partial charge in [0.25, 0.3) is 0 Å². The summed E-state index contributed by atoms with van der Waals surface area (Å²) < 4.78 is 69.6. The lowest BCUT2D eigenvalue weighted by atomic mass is 10.2. The fourth-order valence-corrected chi connectivity index (χ4v) is 1.67. The molecule has 1 aromatic carbocycles. The molecule has 0 saturated carbocycles. The van der Waals surface area contributed by atoms with E-state index in [9.17, 15) is 0 Å². The summed E-state index contributed by atoms with van der Waals surface area (Å²) in [5, 5.41) is -0.458. The Balaban J connectivity index is 3.40. The predicted molar refractivity (Wildman–Crippen MR) is 88.4 cm³/mol. The summed E-state index contributed by atoms with van der Waals surface area (Å²) in [7, 11) is -2.85. The van der Waals surface area contributed by atoms with Crippen LogP contribution in [0.3, 0.4) is 0 Å². The zero-order valence-corrected chi connectivity index (χ0v) is 13.7. The maximum absolute atomic E-state index is 8.52. The summed E-state index contributed by atoms with van der Waals surface area (Å²) in [5.41, 5.74) is 2.62. The highest BCUT2D eigenvalue weighted by atomic mass is 28.4. The highest BCUT2D eigenvalue weighted by Crippen LogP contribution is 2.36. The molecule has 0 aliphatic heterocycles. The Kier molecular flexibility index (Phi) is 3.10. The van der Waals surface area contributed by atoms with Gasteiger partial charge in [-0.15, -0.1) is 0 Å². The van der Waals surface area contributed by atoms with Gasteiger partial charge in [-0.1, -0.05) is 45.8 Å². The maximum atomic E-state index is 8.52. The van der Waals surface area contributed by atoms with Gasteiger partial charge in [0.15, 0.2) is 8.32 Å². The van der Waals surface area contributed by atoms with Crippen LogP contribution in [-0.4, -0.2) is 21.0 Å². The fraction of sp³-hybridized carbons (Fsp3) is 0.625. The van der Waals surface area contributed by atoms with Crippen LogP contribution in [-0.2, 0) is 9.26 Å². The van der Waals surface area contributed by atoms with Crippen molar-refractivity contribution in [2.75, 3.05) is 12.0 Å². The van der Waals surface area contributed by atoms with E-state index in [1.165, 1.54) is 0 Å². The summed E-state index contributed by atoms with van der Waals surface area (Å²) in [6, 6.07) is 8.12. The summed E-state index contributed by atoms with van der Waals surface area (Å²) in [6.07, 6.45) is -6.63. The molecule has 114 valence electrons. The molecule has 4 heteroatoms. The van der Waals surface area contributed by atoms with Gasteiger partial charge in [0, 0.05) is 6.85 Å². The average molecular weight is 304 g/mol. The molecule has 3 nitrogen and oxygen atoms in total. The first-order valence-corrected chi connectivity index (χ1v) is 9.39. The van der Waals surface area contributed by atoms with Crippen molar-refractivity contribution in [3.05, 3.63) is 30.3 Å². The van der Waals surface area contributed by atoms with Crippen LogP contribution in [0.15, 0.2) is 30.3 Å². The van der Waals surface area contributed by atoms with Crippen LogP contribution in [0.1, 0.15) is 45.0 Å². The van der Waals surface area contributed by atoms with Gasteiger partial charge < -0.3 is 4.43 Å². The van der Waals surface area contributed by atoms with E-state index < -0.39 is 39.2 Å². The Hall–Kier alpha value is -0.843. The number of hydrogen-bond acceptors (Lipinski definition) is 3. The minimum atomic E-state index is -3.40. The van der Waals surface area contributed by atoms with Gasteiger partial charge in [-0.05, 0) is 36.6 Å². The summed E-state index contributed by atoms with van der Waals surface area (Å²) in [4.78, 5) is 5.13. The fourth-order valence-electron chi connectivity index (χ4n) is 1.02. The molecule has 0 unspecified atom stereocenters. The first-order valence-electron chi connectivity index (χ1n) is 10.5. The molecule has 0 radical (unpaired) electrons. The molecule has 0 aliphatic carbocycles. The molecule has 0 heterocycles. The second-order valence-electron chi connectivity index (χ2n) is 5.99. The lowest BCUT2D eigenvalue weighted by Crippen LogP contribution is -2.43. The molecular weight excluding hydrogens is 266 g/mol. The second kappa shape index (κ2) is 7.25. The molecule has 0 aromatic heterocycles. The van der Waals surface area contributed by atoms with Crippen molar-refractivity contribution in [2.24, 2.45) is 0 Å². The van der Waals surface area contributed by atoms with Crippen molar-refractivity contribution in [1.82, 2.24) is 0 Å². The maximum Gasteiger partial charge on any atom is 0.192 e. The van der Waals surface area contributed by atoms with Gasteiger partial charge in [-0.25, -0.2) is 0 Å². The van der Waals surface area contributed by atoms with Crippen molar-refractivity contribution in [2.45, 2.75) is 58.2 Å². The third-order valence-corrected chi connectivity index (χ3v) is 7.59. The van der Waals surface area contributed by atoms with E-state index in [0.717, 1.165) is 0 Å². The molecule has 0 bridgehead atoms. The molecule has 1 N–H and O–H groups in total. The van der Waals surface area contributed by atoms with Crippen LogP contribution in [0.25, 0.3) is 0 Å². The first kappa shape index (κ1) is 8.56. The second-order valence-corrected chi connectivity index (χ2v) is 10.7. The summed E-state index contributed by atoms with van der Waals surface area (Å²) >= 11 is 0. The van der Waals surface area contributed by atoms with E-state index in [4.69, 9.17) is 20.2 Å². The lowest BCUT2D eigenvalue weighted by Gasteiger charge is -2.37. The van der Waals surface area contributed by atoms with E-state index in [-0.39, 0.29) is 0 Å². The number of hydrogen-bond donors (Lipinski definition) is 1. The van der Waals surface area contributed by atoms with Gasteiger partial charge in [0.05, 0.1) is 16.4 Å². The third kappa shape index (κ3) is 5.27. The highest BCUT2D eigenvalue weighted by molar-refractivity contribution is 6.74. The molecule has 1 atom stereocenters. The lowest BCUT2D eigenvalue weighted by molar-refractivity contribution is 0.0488. The van der Waals surface area contributed by atoms with E-state index in [2.05, 4.69) is 5.48 Å². The quantitative estimate of drug-likeness (QED) is 0.578. The number of nitrogens with one attached hydrogen (secondary N) is 1. The van der Waals surface area contributed by atoms with Crippen LogP contribution in [0, 0.1) is 0 Å². The van der Waals surface area contributed by atoms with Gasteiger partial charge in [0.1, 0.15) is 6.08 Å². The van der Waals surface area contributed by atoms with Crippen LogP contribution >= 0.6 is 0 Å². The topological polar surface area (TPSA) is 30.5 Å². The van der Waals surface area contributed by atoms with Gasteiger partial charge in [-0.3, -0.25) is 10.3 Å². The van der Waals surface area contributed by atoms with E-state index in [1.54, 1.807) is 43.4 Å². The van der Waals surface area contributed by atoms with Crippen molar-refractivity contribution in [3.63, 3.8) is 0 Å². The Morgan fingerprint density at radius 2 is 2.00 bits per heavy atom. The summed E-state index contributed by atoms with van der Waals surface area (Å²) in [5.74, 6) is 0. The Labute approximate surface area is 136 Å². The highest BCUT2D eigenvalue weighted by Gasteiger charge is 2.37. The van der Waals surface area contributed by atoms with Gasteiger partial charge >= 0.3 is 0 Å². The monoisotopic (exact) mass is 303 g/mol.